The lowest BCUT2D eigenvalue weighted by Gasteiger charge is -2.22. The summed E-state index contributed by atoms with van der Waals surface area (Å²) in [5.74, 6) is -0.0559. The predicted molar refractivity (Wildman–Crippen MR) is 111 cm³/mol. The Labute approximate surface area is 166 Å². The van der Waals surface area contributed by atoms with Crippen molar-refractivity contribution in [1.82, 2.24) is 19.9 Å². The van der Waals surface area contributed by atoms with Crippen LogP contribution in [0.25, 0.3) is 5.65 Å². The predicted octanol–water partition coefficient (Wildman–Crippen LogP) is 4.31. The number of aromatic nitrogens is 3. The zero-order valence-electron chi connectivity index (χ0n) is 17.0. The summed E-state index contributed by atoms with van der Waals surface area (Å²) in [6, 6.07) is 8.81. The molecule has 0 aliphatic heterocycles. The first kappa shape index (κ1) is 18.7. The first-order chi connectivity index (χ1) is 13.5. The van der Waals surface area contributed by atoms with Gasteiger partial charge in [0, 0.05) is 23.9 Å². The summed E-state index contributed by atoms with van der Waals surface area (Å²) in [5, 5.41) is 7.67. The van der Waals surface area contributed by atoms with E-state index in [9.17, 15) is 4.79 Å². The van der Waals surface area contributed by atoms with Crippen LogP contribution in [0.3, 0.4) is 0 Å². The van der Waals surface area contributed by atoms with Gasteiger partial charge in [0.05, 0.1) is 6.20 Å². The summed E-state index contributed by atoms with van der Waals surface area (Å²) in [6.45, 7) is 6.19. The van der Waals surface area contributed by atoms with Crippen molar-refractivity contribution in [3.63, 3.8) is 0 Å². The molecule has 1 amide bonds. The molecule has 1 fully saturated rings. The van der Waals surface area contributed by atoms with E-state index in [2.05, 4.69) is 48.5 Å². The van der Waals surface area contributed by atoms with Gasteiger partial charge in [-0.15, -0.1) is 0 Å². The van der Waals surface area contributed by atoms with E-state index in [0.29, 0.717) is 11.2 Å². The van der Waals surface area contributed by atoms with Gasteiger partial charge in [-0.2, -0.15) is 5.10 Å². The van der Waals surface area contributed by atoms with Crippen LogP contribution in [-0.2, 0) is 6.42 Å². The standard InChI is InChI=1S/C23H28N4O/c1-15-8-7-9-18(12-15)13-20-16(2)25-22-21(14-24-27(22)17(20)3)23(28)26-19-10-5-4-6-11-19/h7-9,12,14,19H,4-6,10-11,13H2,1-3H3,(H,26,28). The Hall–Kier alpha value is -2.69. The van der Waals surface area contributed by atoms with Crippen LogP contribution in [0.1, 0.15) is 70.5 Å². The van der Waals surface area contributed by atoms with Crippen LogP contribution < -0.4 is 5.32 Å². The quantitative estimate of drug-likeness (QED) is 0.738. The minimum atomic E-state index is -0.0559. The van der Waals surface area contributed by atoms with Crippen LogP contribution in [0.4, 0.5) is 0 Å². The Morgan fingerprint density at radius 2 is 1.96 bits per heavy atom. The van der Waals surface area contributed by atoms with Gasteiger partial charge >= 0.3 is 0 Å². The van der Waals surface area contributed by atoms with Crippen molar-refractivity contribution in [1.29, 1.82) is 0 Å². The second-order valence-electron chi connectivity index (χ2n) is 8.03. The first-order valence-corrected chi connectivity index (χ1v) is 10.2. The lowest BCUT2D eigenvalue weighted by atomic mass is 9.95. The summed E-state index contributed by atoms with van der Waals surface area (Å²) in [7, 11) is 0. The van der Waals surface area contributed by atoms with Gasteiger partial charge in [-0.25, -0.2) is 9.50 Å². The summed E-state index contributed by atoms with van der Waals surface area (Å²) in [5.41, 5.74) is 6.90. The van der Waals surface area contributed by atoms with Gasteiger partial charge < -0.3 is 5.32 Å². The fourth-order valence-electron chi connectivity index (χ4n) is 4.26. The molecular formula is C23H28N4O. The number of benzene rings is 1. The Kier molecular flexibility index (Phi) is 5.16. The summed E-state index contributed by atoms with van der Waals surface area (Å²) < 4.78 is 1.81. The van der Waals surface area contributed by atoms with E-state index in [4.69, 9.17) is 4.98 Å². The Morgan fingerprint density at radius 3 is 2.71 bits per heavy atom. The highest BCUT2D eigenvalue weighted by Crippen LogP contribution is 2.22. The van der Waals surface area contributed by atoms with Crippen LogP contribution in [0.2, 0.25) is 0 Å². The van der Waals surface area contributed by atoms with E-state index in [1.807, 2.05) is 11.4 Å². The van der Waals surface area contributed by atoms with Gasteiger partial charge in [0.15, 0.2) is 5.65 Å². The zero-order valence-corrected chi connectivity index (χ0v) is 17.0. The maximum Gasteiger partial charge on any atom is 0.256 e. The third-order valence-electron chi connectivity index (χ3n) is 5.86. The third-order valence-corrected chi connectivity index (χ3v) is 5.86. The Morgan fingerprint density at radius 1 is 1.18 bits per heavy atom. The molecule has 146 valence electrons. The van der Waals surface area contributed by atoms with E-state index < -0.39 is 0 Å². The molecule has 1 saturated carbocycles. The fourth-order valence-corrected chi connectivity index (χ4v) is 4.26. The maximum atomic E-state index is 12.8. The second-order valence-corrected chi connectivity index (χ2v) is 8.03. The molecule has 0 bridgehead atoms. The third kappa shape index (κ3) is 3.66. The average Bonchev–Trinajstić information content (AvgIpc) is 3.10. The molecule has 0 unspecified atom stereocenters. The number of rotatable bonds is 4. The molecule has 1 N–H and O–H groups in total. The second kappa shape index (κ2) is 7.74. The molecule has 0 atom stereocenters. The highest BCUT2D eigenvalue weighted by atomic mass is 16.1. The first-order valence-electron chi connectivity index (χ1n) is 10.2. The minimum absolute atomic E-state index is 0.0559. The summed E-state index contributed by atoms with van der Waals surface area (Å²) in [4.78, 5) is 17.6. The van der Waals surface area contributed by atoms with Gasteiger partial charge in [0.25, 0.3) is 5.91 Å². The minimum Gasteiger partial charge on any atom is -0.349 e. The highest BCUT2D eigenvalue weighted by molar-refractivity contribution is 5.99. The molecule has 4 rings (SSSR count). The summed E-state index contributed by atoms with van der Waals surface area (Å²) >= 11 is 0. The molecule has 2 aromatic heterocycles. The normalized spacial score (nSPS) is 15.1. The molecule has 2 heterocycles. The molecule has 3 aromatic rings. The van der Waals surface area contributed by atoms with E-state index >= 15 is 0 Å². The molecule has 28 heavy (non-hydrogen) atoms. The number of fused-ring (bicyclic) bond motifs is 1. The Bertz CT molecular complexity index is 1010. The monoisotopic (exact) mass is 376 g/mol. The van der Waals surface area contributed by atoms with Crippen molar-refractivity contribution in [3.8, 4) is 0 Å². The number of nitrogens with one attached hydrogen (secondary N) is 1. The molecule has 1 aliphatic rings. The van der Waals surface area contributed by atoms with Gasteiger partial charge in [-0.3, -0.25) is 4.79 Å². The number of hydrogen-bond donors (Lipinski definition) is 1. The fraction of sp³-hybridized carbons (Fsp3) is 0.435. The summed E-state index contributed by atoms with van der Waals surface area (Å²) in [6.07, 6.45) is 8.26. The smallest absolute Gasteiger partial charge is 0.256 e. The number of nitrogens with zero attached hydrogens (tertiary/aromatic N) is 3. The van der Waals surface area contributed by atoms with Crippen LogP contribution in [0.15, 0.2) is 30.5 Å². The topological polar surface area (TPSA) is 59.3 Å². The van der Waals surface area contributed by atoms with Crippen LogP contribution in [-0.4, -0.2) is 26.5 Å². The van der Waals surface area contributed by atoms with Crippen molar-refractivity contribution in [2.24, 2.45) is 0 Å². The van der Waals surface area contributed by atoms with E-state index in [1.165, 1.54) is 36.0 Å². The molecule has 0 saturated heterocycles. The zero-order chi connectivity index (χ0) is 19.7. The van der Waals surface area contributed by atoms with Crippen molar-refractivity contribution in [2.75, 3.05) is 0 Å². The SMILES string of the molecule is Cc1cccc(Cc2c(C)nc3c(C(=O)NC4CCCCC4)cnn3c2C)c1. The number of amides is 1. The average molecular weight is 377 g/mol. The van der Waals surface area contributed by atoms with E-state index in [-0.39, 0.29) is 11.9 Å². The van der Waals surface area contributed by atoms with Crippen LogP contribution >= 0.6 is 0 Å². The largest absolute Gasteiger partial charge is 0.349 e. The lowest BCUT2D eigenvalue weighted by molar-refractivity contribution is 0.0929. The number of aryl methyl sites for hydroxylation is 3. The van der Waals surface area contributed by atoms with Crippen LogP contribution in [0, 0.1) is 20.8 Å². The molecule has 1 aliphatic carbocycles. The molecule has 0 spiro atoms. The molecular weight excluding hydrogens is 348 g/mol. The molecule has 0 radical (unpaired) electrons. The van der Waals surface area contributed by atoms with Gasteiger partial charge in [0.1, 0.15) is 5.56 Å². The molecule has 5 nitrogen and oxygen atoms in total. The van der Waals surface area contributed by atoms with Gasteiger partial charge in [-0.05, 0) is 44.7 Å². The van der Waals surface area contributed by atoms with Gasteiger partial charge in [-0.1, -0.05) is 49.1 Å². The molecule has 5 heteroatoms. The molecule has 1 aromatic carbocycles. The van der Waals surface area contributed by atoms with Crippen LogP contribution in [0.5, 0.6) is 0 Å². The number of hydrogen-bond acceptors (Lipinski definition) is 3. The van der Waals surface area contributed by atoms with Crippen molar-refractivity contribution in [2.45, 2.75) is 65.3 Å². The number of carbonyl (C=O) groups is 1. The van der Waals surface area contributed by atoms with Crippen molar-refractivity contribution < 1.29 is 4.79 Å². The highest BCUT2D eigenvalue weighted by Gasteiger charge is 2.21. The van der Waals surface area contributed by atoms with E-state index in [0.717, 1.165) is 30.7 Å². The van der Waals surface area contributed by atoms with Gasteiger partial charge in [0.2, 0.25) is 0 Å². The maximum absolute atomic E-state index is 12.8. The van der Waals surface area contributed by atoms with E-state index in [1.54, 1.807) is 6.20 Å². The lowest BCUT2D eigenvalue weighted by Crippen LogP contribution is -2.36. The Balaban J connectivity index is 1.64. The number of carbonyl (C=O) groups excluding carboxylic acids is 1. The van der Waals surface area contributed by atoms with Crippen molar-refractivity contribution >= 4 is 11.6 Å². The van der Waals surface area contributed by atoms with Crippen molar-refractivity contribution in [3.05, 3.63) is 64.1 Å².